The van der Waals surface area contributed by atoms with Crippen molar-refractivity contribution in [1.29, 1.82) is 0 Å². The fraction of sp³-hybridized carbons (Fsp3) is 0.333. The summed E-state index contributed by atoms with van der Waals surface area (Å²) < 4.78 is 7.24. The van der Waals surface area contributed by atoms with E-state index >= 15 is 0 Å². The molecular weight excluding hydrogens is 358 g/mol. The average Bonchev–Trinajstić information content (AvgIpc) is 2.72. The summed E-state index contributed by atoms with van der Waals surface area (Å²) in [6.07, 6.45) is 0. The lowest BCUT2D eigenvalue weighted by Gasteiger charge is -2.23. The van der Waals surface area contributed by atoms with E-state index < -0.39 is 0 Å². The number of nitrogens with zero attached hydrogens (tertiary/aromatic N) is 2. The van der Waals surface area contributed by atoms with Crippen molar-refractivity contribution in [2.24, 2.45) is 0 Å². The monoisotopic (exact) mass is 382 g/mol. The Morgan fingerprint density at radius 2 is 1.78 bits per heavy atom. The molecule has 6 heteroatoms. The SMILES string of the molecule is O=c1c2ccccc2nc(SCC[NH+]2CCOCC2)n1Cc1ccccc1. The molecule has 1 N–H and O–H groups in total. The van der Waals surface area contributed by atoms with Gasteiger partial charge in [0.25, 0.3) is 5.56 Å². The molecule has 1 fully saturated rings. The van der Waals surface area contributed by atoms with Gasteiger partial charge in [0.2, 0.25) is 0 Å². The van der Waals surface area contributed by atoms with E-state index in [9.17, 15) is 4.79 Å². The van der Waals surface area contributed by atoms with Crippen LogP contribution in [-0.4, -0.2) is 48.2 Å². The van der Waals surface area contributed by atoms with E-state index in [2.05, 4.69) is 0 Å². The van der Waals surface area contributed by atoms with Gasteiger partial charge in [0.1, 0.15) is 13.1 Å². The number of benzene rings is 2. The Hall–Kier alpha value is -2.15. The third kappa shape index (κ3) is 4.40. The van der Waals surface area contributed by atoms with Crippen molar-refractivity contribution in [3.05, 3.63) is 70.5 Å². The van der Waals surface area contributed by atoms with Crippen LogP contribution in [0.4, 0.5) is 0 Å². The largest absolute Gasteiger partial charge is 0.370 e. The minimum atomic E-state index is 0.0330. The highest BCUT2D eigenvalue weighted by Crippen LogP contribution is 2.18. The smallest absolute Gasteiger partial charge is 0.262 e. The maximum atomic E-state index is 13.1. The summed E-state index contributed by atoms with van der Waals surface area (Å²) in [7, 11) is 0. The maximum absolute atomic E-state index is 13.1. The number of hydrogen-bond acceptors (Lipinski definition) is 4. The van der Waals surface area contributed by atoms with Crippen LogP contribution in [0.1, 0.15) is 5.56 Å². The van der Waals surface area contributed by atoms with Crippen LogP contribution in [0.5, 0.6) is 0 Å². The predicted octanol–water partition coefficient (Wildman–Crippen LogP) is 1.45. The van der Waals surface area contributed by atoms with Gasteiger partial charge in [-0.1, -0.05) is 54.2 Å². The number of aromatic nitrogens is 2. The lowest BCUT2D eigenvalue weighted by atomic mass is 10.2. The standard InChI is InChI=1S/C21H23N3O2S/c25-20-18-8-4-5-9-19(18)22-21(24(20)16-17-6-2-1-3-7-17)27-15-12-23-10-13-26-14-11-23/h1-9H,10-16H2/p+1. The van der Waals surface area contributed by atoms with Crippen molar-refractivity contribution in [1.82, 2.24) is 9.55 Å². The molecule has 4 rings (SSSR count). The number of thioether (sulfide) groups is 1. The van der Waals surface area contributed by atoms with Gasteiger partial charge in [-0.3, -0.25) is 9.36 Å². The summed E-state index contributed by atoms with van der Waals surface area (Å²) in [4.78, 5) is 19.5. The van der Waals surface area contributed by atoms with Gasteiger partial charge in [0, 0.05) is 0 Å². The Morgan fingerprint density at radius 3 is 2.59 bits per heavy atom. The van der Waals surface area contributed by atoms with Crippen molar-refractivity contribution in [2.75, 3.05) is 38.6 Å². The Kier molecular flexibility index (Phi) is 5.87. The van der Waals surface area contributed by atoms with Crippen LogP contribution in [0.25, 0.3) is 10.9 Å². The fourth-order valence-corrected chi connectivity index (χ4v) is 4.40. The molecule has 0 unspecified atom stereocenters. The van der Waals surface area contributed by atoms with E-state index in [4.69, 9.17) is 9.72 Å². The van der Waals surface area contributed by atoms with E-state index in [0.717, 1.165) is 54.8 Å². The van der Waals surface area contributed by atoms with Gasteiger partial charge in [0.15, 0.2) is 5.16 Å². The first-order valence-electron chi connectivity index (χ1n) is 9.39. The van der Waals surface area contributed by atoms with Crippen molar-refractivity contribution >= 4 is 22.7 Å². The Morgan fingerprint density at radius 1 is 1.04 bits per heavy atom. The van der Waals surface area contributed by atoms with Gasteiger partial charge in [-0.15, -0.1) is 0 Å². The van der Waals surface area contributed by atoms with Gasteiger partial charge in [-0.05, 0) is 17.7 Å². The number of hydrogen-bond donors (Lipinski definition) is 1. The lowest BCUT2D eigenvalue weighted by Crippen LogP contribution is -3.14. The van der Waals surface area contributed by atoms with E-state index in [1.54, 1.807) is 16.7 Å². The molecule has 0 spiro atoms. The first-order valence-corrected chi connectivity index (χ1v) is 10.4. The summed E-state index contributed by atoms with van der Waals surface area (Å²) in [5.41, 5.74) is 1.91. The molecule has 140 valence electrons. The minimum absolute atomic E-state index is 0.0330. The topological polar surface area (TPSA) is 48.6 Å². The zero-order chi connectivity index (χ0) is 18.5. The number of ether oxygens (including phenoxy) is 1. The quantitative estimate of drug-likeness (QED) is 0.518. The van der Waals surface area contributed by atoms with Crippen LogP contribution in [0.15, 0.2) is 64.5 Å². The molecular formula is C21H24N3O2S+. The van der Waals surface area contributed by atoms with Crippen molar-refractivity contribution < 1.29 is 9.64 Å². The molecule has 1 aromatic heterocycles. The summed E-state index contributed by atoms with van der Waals surface area (Å²) in [6.45, 7) is 5.40. The van der Waals surface area contributed by atoms with Gasteiger partial charge in [0.05, 0.1) is 43.0 Å². The first kappa shape index (κ1) is 18.2. The van der Waals surface area contributed by atoms with E-state index in [-0.39, 0.29) is 5.56 Å². The fourth-order valence-electron chi connectivity index (χ4n) is 3.36. The molecule has 1 aliphatic rings. The summed E-state index contributed by atoms with van der Waals surface area (Å²) >= 11 is 1.68. The highest BCUT2D eigenvalue weighted by atomic mass is 32.2. The first-order chi connectivity index (χ1) is 13.3. The molecule has 1 saturated heterocycles. The molecule has 2 heterocycles. The maximum Gasteiger partial charge on any atom is 0.262 e. The summed E-state index contributed by atoms with van der Waals surface area (Å²) in [5, 5.41) is 1.48. The minimum Gasteiger partial charge on any atom is -0.370 e. The summed E-state index contributed by atoms with van der Waals surface area (Å²) in [6, 6.07) is 17.7. The molecule has 5 nitrogen and oxygen atoms in total. The van der Waals surface area contributed by atoms with Crippen LogP contribution in [0.3, 0.4) is 0 Å². The zero-order valence-corrected chi connectivity index (χ0v) is 16.1. The molecule has 0 aliphatic carbocycles. The van der Waals surface area contributed by atoms with Crippen LogP contribution >= 0.6 is 11.8 Å². The van der Waals surface area contributed by atoms with Crippen LogP contribution in [0, 0.1) is 0 Å². The van der Waals surface area contributed by atoms with Crippen LogP contribution in [-0.2, 0) is 11.3 Å². The van der Waals surface area contributed by atoms with E-state index in [1.165, 1.54) is 0 Å². The molecule has 0 radical (unpaired) electrons. The summed E-state index contributed by atoms with van der Waals surface area (Å²) in [5.74, 6) is 0.939. The molecule has 27 heavy (non-hydrogen) atoms. The molecule has 2 aromatic carbocycles. The number of para-hydroxylation sites is 1. The third-order valence-electron chi connectivity index (χ3n) is 4.90. The normalized spacial score (nSPS) is 15.3. The molecule has 3 aromatic rings. The zero-order valence-electron chi connectivity index (χ0n) is 15.3. The Bertz CT molecular complexity index is 953. The van der Waals surface area contributed by atoms with Crippen LogP contribution < -0.4 is 10.5 Å². The number of morpholine rings is 1. The van der Waals surface area contributed by atoms with Crippen LogP contribution in [0.2, 0.25) is 0 Å². The highest BCUT2D eigenvalue weighted by Gasteiger charge is 2.16. The number of rotatable bonds is 6. The van der Waals surface area contributed by atoms with Crippen molar-refractivity contribution in [2.45, 2.75) is 11.7 Å². The van der Waals surface area contributed by atoms with Crippen molar-refractivity contribution in [3.63, 3.8) is 0 Å². The van der Waals surface area contributed by atoms with Gasteiger partial charge in [-0.2, -0.15) is 0 Å². The van der Waals surface area contributed by atoms with E-state index in [1.807, 2.05) is 59.2 Å². The van der Waals surface area contributed by atoms with Gasteiger partial charge < -0.3 is 9.64 Å². The van der Waals surface area contributed by atoms with Gasteiger partial charge in [-0.25, -0.2) is 4.98 Å². The number of nitrogens with one attached hydrogen (secondary N) is 1. The Balaban J connectivity index is 1.60. The van der Waals surface area contributed by atoms with Gasteiger partial charge >= 0.3 is 0 Å². The second-order valence-electron chi connectivity index (χ2n) is 6.75. The molecule has 0 amide bonds. The molecule has 0 bridgehead atoms. The average molecular weight is 383 g/mol. The number of quaternary nitrogens is 1. The highest BCUT2D eigenvalue weighted by molar-refractivity contribution is 7.99. The number of fused-ring (bicyclic) bond motifs is 1. The third-order valence-corrected chi connectivity index (χ3v) is 5.87. The van der Waals surface area contributed by atoms with E-state index in [0.29, 0.717) is 11.9 Å². The molecule has 1 aliphatic heterocycles. The second kappa shape index (κ2) is 8.69. The Labute approximate surface area is 163 Å². The van der Waals surface area contributed by atoms with Crippen molar-refractivity contribution in [3.8, 4) is 0 Å². The molecule has 0 atom stereocenters. The predicted molar refractivity (Wildman–Crippen MR) is 109 cm³/mol. The second-order valence-corrected chi connectivity index (χ2v) is 7.81. The lowest BCUT2D eigenvalue weighted by molar-refractivity contribution is -0.905. The molecule has 0 saturated carbocycles.